The second-order valence-corrected chi connectivity index (χ2v) is 5.31. The molecule has 0 atom stereocenters. The van der Waals surface area contributed by atoms with Crippen molar-refractivity contribution >= 4 is 11.6 Å². The second-order valence-electron chi connectivity index (χ2n) is 4.88. The van der Waals surface area contributed by atoms with Gasteiger partial charge in [-0.05, 0) is 25.1 Å². The van der Waals surface area contributed by atoms with Crippen molar-refractivity contribution in [3.8, 4) is 22.6 Å². The molecule has 0 bridgehead atoms. The summed E-state index contributed by atoms with van der Waals surface area (Å²) in [5.74, 6) is 0.594. The Hall–Kier alpha value is -2.10. The minimum Gasteiger partial charge on any atom is -0.391 e. The average molecular weight is 300 g/mol. The predicted molar refractivity (Wildman–Crippen MR) is 83.0 cm³/mol. The quantitative estimate of drug-likeness (QED) is 0.776. The Labute approximate surface area is 127 Å². The van der Waals surface area contributed by atoms with Gasteiger partial charge in [0.15, 0.2) is 5.76 Å². The van der Waals surface area contributed by atoms with Crippen LogP contribution in [0.25, 0.3) is 22.6 Å². The third kappa shape index (κ3) is 2.71. The summed E-state index contributed by atoms with van der Waals surface area (Å²) in [4.78, 5) is 0. The molecule has 0 unspecified atom stereocenters. The first-order valence-electron chi connectivity index (χ1n) is 6.61. The minimum absolute atomic E-state index is 0.144. The van der Waals surface area contributed by atoms with E-state index in [1.165, 1.54) is 0 Å². The van der Waals surface area contributed by atoms with Crippen molar-refractivity contribution in [1.82, 2.24) is 5.16 Å². The molecule has 0 aliphatic carbocycles. The molecule has 0 aliphatic heterocycles. The Bertz CT molecular complexity index is 717. The van der Waals surface area contributed by atoms with E-state index in [9.17, 15) is 5.11 Å². The van der Waals surface area contributed by atoms with Gasteiger partial charge in [-0.3, -0.25) is 0 Å². The molecule has 0 aliphatic rings. The molecule has 3 rings (SSSR count). The molecular weight excluding hydrogens is 286 g/mol. The van der Waals surface area contributed by atoms with E-state index in [1.54, 1.807) is 12.1 Å². The zero-order valence-electron chi connectivity index (χ0n) is 11.5. The lowest BCUT2D eigenvalue weighted by molar-refractivity contribution is 0.281. The highest BCUT2D eigenvalue weighted by atomic mass is 35.5. The molecule has 1 heterocycles. The SMILES string of the molecule is Cc1cccc(-c2onc(-c3cccc(Cl)c3)c2CO)c1. The van der Waals surface area contributed by atoms with Gasteiger partial charge >= 0.3 is 0 Å². The summed E-state index contributed by atoms with van der Waals surface area (Å²) in [7, 11) is 0. The fourth-order valence-corrected chi connectivity index (χ4v) is 2.52. The number of aromatic nitrogens is 1. The highest BCUT2D eigenvalue weighted by Crippen LogP contribution is 2.33. The number of halogens is 1. The topological polar surface area (TPSA) is 46.3 Å². The van der Waals surface area contributed by atoms with E-state index in [0.29, 0.717) is 22.0 Å². The van der Waals surface area contributed by atoms with Gasteiger partial charge in [0.05, 0.1) is 12.2 Å². The van der Waals surface area contributed by atoms with Crippen LogP contribution in [0.4, 0.5) is 0 Å². The van der Waals surface area contributed by atoms with Crippen LogP contribution in [0.2, 0.25) is 5.02 Å². The number of aliphatic hydroxyl groups excluding tert-OH is 1. The van der Waals surface area contributed by atoms with Gasteiger partial charge < -0.3 is 9.63 Å². The maximum atomic E-state index is 9.72. The molecule has 0 amide bonds. The maximum absolute atomic E-state index is 9.72. The Morgan fingerprint density at radius 1 is 1.10 bits per heavy atom. The van der Waals surface area contributed by atoms with Crippen LogP contribution in [0, 0.1) is 6.92 Å². The first-order valence-corrected chi connectivity index (χ1v) is 6.99. The van der Waals surface area contributed by atoms with Crippen molar-refractivity contribution in [3.05, 3.63) is 64.7 Å². The molecule has 0 saturated heterocycles. The molecule has 0 fully saturated rings. The first-order chi connectivity index (χ1) is 10.2. The summed E-state index contributed by atoms with van der Waals surface area (Å²) < 4.78 is 5.47. The normalized spacial score (nSPS) is 10.8. The molecular formula is C17H14ClNO2. The third-order valence-electron chi connectivity index (χ3n) is 3.32. The lowest BCUT2D eigenvalue weighted by Gasteiger charge is -2.02. The number of nitrogens with zero attached hydrogens (tertiary/aromatic N) is 1. The van der Waals surface area contributed by atoms with E-state index in [2.05, 4.69) is 5.16 Å². The summed E-state index contributed by atoms with van der Waals surface area (Å²) in [6.07, 6.45) is 0. The smallest absolute Gasteiger partial charge is 0.173 e. The van der Waals surface area contributed by atoms with Crippen molar-refractivity contribution in [2.24, 2.45) is 0 Å². The predicted octanol–water partition coefficient (Wildman–Crippen LogP) is 4.46. The summed E-state index contributed by atoms with van der Waals surface area (Å²) in [5.41, 5.74) is 4.14. The molecule has 0 spiro atoms. The minimum atomic E-state index is -0.144. The molecule has 1 aromatic heterocycles. The molecule has 4 heteroatoms. The van der Waals surface area contributed by atoms with Crippen LogP contribution >= 0.6 is 11.6 Å². The van der Waals surface area contributed by atoms with E-state index >= 15 is 0 Å². The Balaban J connectivity index is 2.13. The van der Waals surface area contributed by atoms with Gasteiger partial charge in [-0.15, -0.1) is 0 Å². The van der Waals surface area contributed by atoms with Crippen LogP contribution in [0.5, 0.6) is 0 Å². The van der Waals surface area contributed by atoms with E-state index in [-0.39, 0.29) is 6.61 Å². The van der Waals surface area contributed by atoms with E-state index in [0.717, 1.165) is 16.7 Å². The number of rotatable bonds is 3. The highest BCUT2D eigenvalue weighted by Gasteiger charge is 2.18. The van der Waals surface area contributed by atoms with Gasteiger partial charge in [0.1, 0.15) is 5.69 Å². The van der Waals surface area contributed by atoms with Crippen LogP contribution in [-0.4, -0.2) is 10.3 Å². The lowest BCUT2D eigenvalue weighted by Crippen LogP contribution is -1.89. The zero-order valence-corrected chi connectivity index (χ0v) is 12.3. The van der Waals surface area contributed by atoms with Crippen molar-refractivity contribution in [3.63, 3.8) is 0 Å². The number of benzene rings is 2. The van der Waals surface area contributed by atoms with Crippen molar-refractivity contribution in [1.29, 1.82) is 0 Å². The van der Waals surface area contributed by atoms with E-state index in [1.807, 2.05) is 43.3 Å². The molecule has 2 aromatic carbocycles. The third-order valence-corrected chi connectivity index (χ3v) is 3.56. The van der Waals surface area contributed by atoms with Crippen molar-refractivity contribution < 1.29 is 9.63 Å². The monoisotopic (exact) mass is 299 g/mol. The Kier molecular flexibility index (Phi) is 3.78. The van der Waals surface area contributed by atoms with Crippen LogP contribution < -0.4 is 0 Å². The molecule has 21 heavy (non-hydrogen) atoms. The summed E-state index contributed by atoms with van der Waals surface area (Å²) >= 11 is 6.01. The summed E-state index contributed by atoms with van der Waals surface area (Å²) in [6, 6.07) is 15.2. The molecule has 0 saturated carbocycles. The number of hydrogen-bond acceptors (Lipinski definition) is 3. The molecule has 3 nitrogen and oxygen atoms in total. The van der Waals surface area contributed by atoms with Crippen molar-refractivity contribution in [2.45, 2.75) is 13.5 Å². The van der Waals surface area contributed by atoms with Gasteiger partial charge in [-0.2, -0.15) is 0 Å². The van der Waals surface area contributed by atoms with Crippen LogP contribution in [-0.2, 0) is 6.61 Å². The molecule has 3 aromatic rings. The first kappa shape index (κ1) is 13.9. The van der Waals surface area contributed by atoms with Crippen molar-refractivity contribution in [2.75, 3.05) is 0 Å². The Morgan fingerprint density at radius 2 is 1.86 bits per heavy atom. The van der Waals surface area contributed by atoms with Gasteiger partial charge in [0.2, 0.25) is 0 Å². The molecule has 0 radical (unpaired) electrons. The van der Waals surface area contributed by atoms with Crippen LogP contribution in [0.15, 0.2) is 53.1 Å². The lowest BCUT2D eigenvalue weighted by atomic mass is 10.0. The number of aryl methyl sites for hydroxylation is 1. The maximum Gasteiger partial charge on any atom is 0.173 e. The number of hydrogen-bond donors (Lipinski definition) is 1. The fraction of sp³-hybridized carbons (Fsp3) is 0.118. The molecule has 1 N–H and O–H groups in total. The number of aliphatic hydroxyl groups is 1. The largest absolute Gasteiger partial charge is 0.391 e. The second kappa shape index (κ2) is 5.72. The van der Waals surface area contributed by atoms with Crippen LogP contribution in [0.1, 0.15) is 11.1 Å². The highest BCUT2D eigenvalue weighted by molar-refractivity contribution is 6.30. The summed E-state index contributed by atoms with van der Waals surface area (Å²) in [5, 5.41) is 14.4. The fourth-order valence-electron chi connectivity index (χ4n) is 2.33. The van der Waals surface area contributed by atoms with Crippen LogP contribution in [0.3, 0.4) is 0 Å². The Morgan fingerprint density at radius 3 is 2.57 bits per heavy atom. The zero-order chi connectivity index (χ0) is 14.8. The standard InChI is InChI=1S/C17H14ClNO2/c1-11-4-2-6-13(8-11)17-15(10-20)16(19-21-17)12-5-3-7-14(18)9-12/h2-9,20H,10H2,1H3. The molecule has 106 valence electrons. The van der Waals surface area contributed by atoms with Gasteiger partial charge in [0.25, 0.3) is 0 Å². The van der Waals surface area contributed by atoms with Gasteiger partial charge in [-0.1, -0.05) is 52.7 Å². The average Bonchev–Trinajstić information content (AvgIpc) is 2.91. The van der Waals surface area contributed by atoms with E-state index < -0.39 is 0 Å². The van der Waals surface area contributed by atoms with Gasteiger partial charge in [0, 0.05) is 16.1 Å². The summed E-state index contributed by atoms with van der Waals surface area (Å²) in [6.45, 7) is 1.87. The van der Waals surface area contributed by atoms with E-state index in [4.69, 9.17) is 16.1 Å². The van der Waals surface area contributed by atoms with Gasteiger partial charge in [-0.25, -0.2) is 0 Å².